The van der Waals surface area contributed by atoms with Gasteiger partial charge in [0.05, 0.1) is 30.4 Å². The van der Waals surface area contributed by atoms with Crippen LogP contribution in [0.3, 0.4) is 0 Å². The quantitative estimate of drug-likeness (QED) is 0.868. The fraction of sp³-hybridized carbons (Fsp3) is 0.600. The monoisotopic (exact) mass is 354 g/mol. The van der Waals surface area contributed by atoms with Gasteiger partial charge in [0.15, 0.2) is 0 Å². The molecule has 1 aromatic rings. The maximum atomic E-state index is 4.72. The van der Waals surface area contributed by atoms with Gasteiger partial charge in [0.25, 0.3) is 0 Å². The van der Waals surface area contributed by atoms with E-state index in [9.17, 15) is 0 Å². The van der Waals surface area contributed by atoms with Crippen LogP contribution in [-0.2, 0) is 6.42 Å². The van der Waals surface area contributed by atoms with Crippen LogP contribution in [0.5, 0.6) is 0 Å². The van der Waals surface area contributed by atoms with E-state index in [1.54, 1.807) is 0 Å². The lowest BCUT2D eigenvalue weighted by Gasteiger charge is -2.34. The van der Waals surface area contributed by atoms with Gasteiger partial charge in [-0.15, -0.1) is 0 Å². The Labute approximate surface area is 156 Å². The molecule has 26 heavy (non-hydrogen) atoms. The molecule has 1 atom stereocenters. The van der Waals surface area contributed by atoms with Crippen molar-refractivity contribution in [2.24, 2.45) is 4.99 Å². The Morgan fingerprint density at radius 1 is 1.31 bits per heavy atom. The number of rotatable bonds is 5. The molecular weight excluding hydrogens is 324 g/mol. The Kier molecular flexibility index (Phi) is 5.62. The largest absolute Gasteiger partial charge is 0.346 e. The molecule has 0 amide bonds. The molecule has 0 spiro atoms. The summed E-state index contributed by atoms with van der Waals surface area (Å²) in [7, 11) is 2.21. The number of hydrogen-bond acceptors (Lipinski definition) is 6. The number of hydrogen-bond donors (Lipinski definition) is 1. The first-order valence-corrected chi connectivity index (χ1v) is 9.84. The fourth-order valence-corrected chi connectivity index (χ4v) is 4.17. The maximum absolute atomic E-state index is 4.72. The molecule has 0 saturated carbocycles. The first kappa shape index (κ1) is 17.6. The Hall–Kier alpha value is -1.76. The highest BCUT2D eigenvalue weighted by Crippen LogP contribution is 2.32. The van der Waals surface area contributed by atoms with Crippen molar-refractivity contribution in [3.05, 3.63) is 41.4 Å². The minimum atomic E-state index is 0.412. The minimum Gasteiger partial charge on any atom is -0.346 e. The molecule has 6 nitrogen and oxygen atoms in total. The molecule has 0 bridgehead atoms. The van der Waals surface area contributed by atoms with Crippen LogP contribution in [0, 0.1) is 0 Å². The van der Waals surface area contributed by atoms with Crippen LogP contribution in [0.15, 0.2) is 35.1 Å². The summed E-state index contributed by atoms with van der Waals surface area (Å²) in [6.45, 7) is 7.25. The lowest BCUT2D eigenvalue weighted by molar-refractivity contribution is 0.175. The zero-order valence-corrected chi connectivity index (χ0v) is 15.8. The van der Waals surface area contributed by atoms with Crippen molar-refractivity contribution in [2.75, 3.05) is 53.0 Å². The van der Waals surface area contributed by atoms with Gasteiger partial charge in [-0.05, 0) is 44.0 Å². The number of aryl methyl sites for hydroxylation is 1. The molecule has 1 aliphatic carbocycles. The Morgan fingerprint density at radius 2 is 2.19 bits per heavy atom. The minimum absolute atomic E-state index is 0.412. The molecule has 3 aliphatic rings. The molecule has 1 saturated heterocycles. The third-order valence-electron chi connectivity index (χ3n) is 5.65. The Bertz CT molecular complexity index is 664. The molecule has 1 aromatic heterocycles. The summed E-state index contributed by atoms with van der Waals surface area (Å²) in [6.07, 6.45) is 9.83. The second-order valence-electron chi connectivity index (χ2n) is 7.59. The predicted molar refractivity (Wildman–Crippen MR) is 105 cm³/mol. The van der Waals surface area contributed by atoms with Gasteiger partial charge in [-0.3, -0.25) is 14.8 Å². The SMILES string of the molecule is CN(CC1=CCN(CN2CCNCC2)C=N1)C1CCCc2cccnc21. The number of nitrogens with one attached hydrogen (secondary N) is 1. The zero-order valence-electron chi connectivity index (χ0n) is 15.8. The van der Waals surface area contributed by atoms with Crippen LogP contribution in [0.2, 0.25) is 0 Å². The molecule has 0 radical (unpaired) electrons. The second-order valence-corrected chi connectivity index (χ2v) is 7.59. The van der Waals surface area contributed by atoms with Crippen molar-refractivity contribution in [1.82, 2.24) is 25.0 Å². The van der Waals surface area contributed by atoms with Crippen molar-refractivity contribution in [3.63, 3.8) is 0 Å². The van der Waals surface area contributed by atoms with Gasteiger partial charge in [-0.1, -0.05) is 6.07 Å². The highest BCUT2D eigenvalue weighted by molar-refractivity contribution is 5.58. The van der Waals surface area contributed by atoms with Gasteiger partial charge in [0.1, 0.15) is 0 Å². The third-order valence-corrected chi connectivity index (χ3v) is 5.65. The van der Waals surface area contributed by atoms with Crippen LogP contribution < -0.4 is 5.32 Å². The number of pyridine rings is 1. The van der Waals surface area contributed by atoms with E-state index in [0.717, 1.165) is 52.4 Å². The lowest BCUT2D eigenvalue weighted by atomic mass is 9.91. The molecule has 1 N–H and O–H groups in total. The van der Waals surface area contributed by atoms with Crippen LogP contribution >= 0.6 is 0 Å². The number of aromatic nitrogens is 1. The van der Waals surface area contributed by atoms with Crippen molar-refractivity contribution in [2.45, 2.75) is 25.3 Å². The van der Waals surface area contributed by atoms with E-state index in [-0.39, 0.29) is 0 Å². The second kappa shape index (κ2) is 8.29. The molecule has 140 valence electrons. The van der Waals surface area contributed by atoms with E-state index < -0.39 is 0 Å². The third kappa shape index (κ3) is 4.14. The summed E-state index contributed by atoms with van der Waals surface area (Å²) in [4.78, 5) is 16.6. The van der Waals surface area contributed by atoms with Crippen LogP contribution in [0.25, 0.3) is 0 Å². The zero-order chi connectivity index (χ0) is 17.8. The highest BCUT2D eigenvalue weighted by Gasteiger charge is 2.25. The Morgan fingerprint density at radius 3 is 3.00 bits per heavy atom. The smallest absolute Gasteiger partial charge is 0.0922 e. The molecule has 4 rings (SSSR count). The summed E-state index contributed by atoms with van der Waals surface area (Å²) in [5.41, 5.74) is 3.85. The van der Waals surface area contributed by atoms with Gasteiger partial charge >= 0.3 is 0 Å². The number of fused-ring (bicyclic) bond motifs is 1. The number of aliphatic imine (C=N–C) groups is 1. The van der Waals surface area contributed by atoms with E-state index in [0.29, 0.717) is 6.04 Å². The van der Waals surface area contributed by atoms with Gasteiger partial charge in [-0.2, -0.15) is 0 Å². The van der Waals surface area contributed by atoms with Crippen molar-refractivity contribution in [1.29, 1.82) is 0 Å². The molecule has 1 fully saturated rings. The number of nitrogens with zero attached hydrogens (tertiary/aromatic N) is 5. The summed E-state index contributed by atoms with van der Waals surface area (Å²) >= 11 is 0. The molecule has 0 aromatic carbocycles. The van der Waals surface area contributed by atoms with E-state index in [1.807, 2.05) is 12.5 Å². The summed E-state index contributed by atoms with van der Waals surface area (Å²) in [5.74, 6) is 0. The standard InChI is InChI=1S/C20H30N6/c1-24(19-6-2-4-17-5-3-8-22-20(17)19)14-18-7-11-26(15-23-18)16-25-12-9-21-10-13-25/h3,5,7-8,15,19,21H,2,4,6,9-14,16H2,1H3. The topological polar surface area (TPSA) is 47.0 Å². The van der Waals surface area contributed by atoms with E-state index in [4.69, 9.17) is 4.99 Å². The lowest BCUT2D eigenvalue weighted by Crippen LogP contribution is -2.48. The average Bonchev–Trinajstić information content (AvgIpc) is 2.70. The molecule has 2 aliphatic heterocycles. The average molecular weight is 355 g/mol. The highest BCUT2D eigenvalue weighted by atomic mass is 15.3. The van der Waals surface area contributed by atoms with Gasteiger partial charge < -0.3 is 10.2 Å². The van der Waals surface area contributed by atoms with E-state index >= 15 is 0 Å². The predicted octanol–water partition coefficient (Wildman–Crippen LogP) is 1.48. The van der Waals surface area contributed by atoms with Crippen LogP contribution in [0.1, 0.15) is 30.1 Å². The van der Waals surface area contributed by atoms with Crippen LogP contribution in [0.4, 0.5) is 0 Å². The number of likely N-dealkylation sites (N-methyl/N-ethyl adjacent to an activating group) is 1. The first-order chi connectivity index (χ1) is 12.8. The Balaban J connectivity index is 1.32. The molecular formula is C20H30N6. The first-order valence-electron chi connectivity index (χ1n) is 9.84. The summed E-state index contributed by atoms with van der Waals surface area (Å²) in [5, 5.41) is 3.40. The van der Waals surface area contributed by atoms with Gasteiger partial charge in [0.2, 0.25) is 0 Å². The normalized spacial score (nSPS) is 23.8. The van der Waals surface area contributed by atoms with Gasteiger partial charge in [0, 0.05) is 45.5 Å². The summed E-state index contributed by atoms with van der Waals surface area (Å²) < 4.78 is 0. The molecule has 3 heterocycles. The van der Waals surface area contributed by atoms with Crippen molar-refractivity contribution in [3.8, 4) is 0 Å². The van der Waals surface area contributed by atoms with Crippen molar-refractivity contribution >= 4 is 6.34 Å². The van der Waals surface area contributed by atoms with Gasteiger partial charge in [-0.25, -0.2) is 4.99 Å². The van der Waals surface area contributed by atoms with Crippen molar-refractivity contribution < 1.29 is 0 Å². The van der Waals surface area contributed by atoms with E-state index in [2.05, 4.69) is 50.3 Å². The molecule has 6 heteroatoms. The van der Waals surface area contributed by atoms with Crippen LogP contribution in [-0.4, -0.2) is 79.0 Å². The summed E-state index contributed by atoms with van der Waals surface area (Å²) in [6, 6.07) is 4.70. The fourth-order valence-electron chi connectivity index (χ4n) is 4.17. The molecule has 1 unspecified atom stereocenters. The number of piperazine rings is 1. The van der Waals surface area contributed by atoms with E-state index in [1.165, 1.54) is 29.8 Å². The maximum Gasteiger partial charge on any atom is 0.0922 e.